The fourth-order valence-electron chi connectivity index (χ4n) is 5.84. The second-order valence-electron chi connectivity index (χ2n) is 10.6. The number of aromatic nitrogens is 2. The Labute approximate surface area is 224 Å². The summed E-state index contributed by atoms with van der Waals surface area (Å²) in [6.07, 6.45) is 17.0. The number of hydrogen-bond donors (Lipinski definition) is 1. The van der Waals surface area contributed by atoms with E-state index in [1.165, 1.54) is 18.4 Å². The highest BCUT2D eigenvalue weighted by atomic mass is 16.5. The number of fused-ring (bicyclic) bond motifs is 1. The summed E-state index contributed by atoms with van der Waals surface area (Å²) < 4.78 is 7.06. The first-order valence-electron chi connectivity index (χ1n) is 13.9. The van der Waals surface area contributed by atoms with E-state index < -0.39 is 0 Å². The smallest absolute Gasteiger partial charge is 0.306 e. The predicted molar refractivity (Wildman–Crippen MR) is 149 cm³/mol. The number of benzene rings is 1. The fourth-order valence-corrected chi connectivity index (χ4v) is 5.84. The first-order valence-corrected chi connectivity index (χ1v) is 13.9. The second kappa shape index (κ2) is 11.8. The molecule has 0 spiro atoms. The van der Waals surface area contributed by atoms with E-state index in [0.717, 1.165) is 36.0 Å². The van der Waals surface area contributed by atoms with Crippen molar-refractivity contribution < 1.29 is 14.3 Å². The van der Waals surface area contributed by atoms with Gasteiger partial charge in [0.1, 0.15) is 11.3 Å². The highest BCUT2D eigenvalue weighted by Gasteiger charge is 2.28. The molecule has 1 N–H and O–H groups in total. The van der Waals surface area contributed by atoms with Gasteiger partial charge in [-0.25, -0.2) is 4.98 Å². The quantitative estimate of drug-likeness (QED) is 0.348. The van der Waals surface area contributed by atoms with Crippen LogP contribution in [0.2, 0.25) is 0 Å². The van der Waals surface area contributed by atoms with Gasteiger partial charge in [-0.05, 0) is 92.5 Å². The van der Waals surface area contributed by atoms with Gasteiger partial charge in [0.05, 0.1) is 12.6 Å². The zero-order valence-electron chi connectivity index (χ0n) is 22.3. The number of esters is 1. The predicted octanol–water partition coefficient (Wildman–Crippen LogP) is 6.54. The molecule has 1 amide bonds. The molecule has 2 aliphatic carbocycles. The molecule has 2 unspecified atom stereocenters. The SMILES string of the molecule is CCOC(=O)CC1CCC(C2C=CC(c3ccc4nc(C(=O)NC(C)c5ccccc5)cn4c3)=CC2)CC1. The lowest BCUT2D eigenvalue weighted by Crippen LogP contribution is -2.26. The summed E-state index contributed by atoms with van der Waals surface area (Å²) in [5, 5.41) is 3.04. The van der Waals surface area contributed by atoms with E-state index in [9.17, 15) is 9.59 Å². The number of carbonyl (C=O) groups is 2. The first kappa shape index (κ1) is 26.0. The number of hydrogen-bond acceptors (Lipinski definition) is 4. The third-order valence-electron chi connectivity index (χ3n) is 8.05. The van der Waals surface area contributed by atoms with Gasteiger partial charge in [-0.2, -0.15) is 0 Å². The summed E-state index contributed by atoms with van der Waals surface area (Å²) in [6, 6.07) is 13.9. The van der Waals surface area contributed by atoms with Crippen molar-refractivity contribution in [3.05, 3.63) is 89.9 Å². The number of pyridine rings is 1. The fraction of sp³-hybridized carbons (Fsp3) is 0.406. The molecule has 198 valence electrons. The number of nitrogens with one attached hydrogen (secondary N) is 1. The van der Waals surface area contributed by atoms with Crippen LogP contribution in [-0.2, 0) is 9.53 Å². The van der Waals surface area contributed by atoms with Crippen LogP contribution in [0.1, 0.15) is 80.0 Å². The normalized spacial score (nSPS) is 22.1. The zero-order valence-corrected chi connectivity index (χ0v) is 22.3. The molecule has 1 saturated carbocycles. The molecular weight excluding hydrogens is 474 g/mol. The Morgan fingerprint density at radius 1 is 1.08 bits per heavy atom. The molecule has 38 heavy (non-hydrogen) atoms. The molecule has 0 bridgehead atoms. The van der Waals surface area contributed by atoms with Gasteiger partial charge >= 0.3 is 5.97 Å². The number of rotatable bonds is 8. The van der Waals surface area contributed by atoms with Crippen LogP contribution in [0, 0.1) is 17.8 Å². The van der Waals surface area contributed by atoms with Crippen molar-refractivity contribution in [2.45, 2.75) is 58.4 Å². The van der Waals surface area contributed by atoms with Crippen molar-refractivity contribution in [2.75, 3.05) is 6.61 Å². The molecule has 0 saturated heterocycles. The molecule has 1 fully saturated rings. The van der Waals surface area contributed by atoms with E-state index >= 15 is 0 Å². The van der Waals surface area contributed by atoms with E-state index in [4.69, 9.17) is 4.74 Å². The lowest BCUT2D eigenvalue weighted by atomic mass is 9.72. The number of allylic oxidation sites excluding steroid dienone is 4. The highest BCUT2D eigenvalue weighted by Crippen LogP contribution is 2.39. The molecule has 2 heterocycles. The third kappa shape index (κ3) is 6.07. The van der Waals surface area contributed by atoms with Gasteiger partial charge < -0.3 is 14.5 Å². The molecule has 3 aromatic rings. The Balaban J connectivity index is 1.18. The molecule has 6 nitrogen and oxygen atoms in total. The van der Waals surface area contributed by atoms with Crippen LogP contribution in [0.25, 0.3) is 11.2 Å². The molecule has 0 radical (unpaired) electrons. The minimum Gasteiger partial charge on any atom is -0.466 e. The Kier molecular flexibility index (Phi) is 8.06. The molecule has 2 aliphatic rings. The molecule has 1 aromatic carbocycles. The van der Waals surface area contributed by atoms with Gasteiger partial charge in [0, 0.05) is 18.8 Å². The van der Waals surface area contributed by atoms with Crippen molar-refractivity contribution in [3.63, 3.8) is 0 Å². The van der Waals surface area contributed by atoms with Gasteiger partial charge in [0.2, 0.25) is 0 Å². The molecule has 6 heteroatoms. The van der Waals surface area contributed by atoms with Crippen molar-refractivity contribution in [2.24, 2.45) is 17.8 Å². The first-order chi connectivity index (χ1) is 18.5. The standard InChI is InChI=1S/C32H37N3O3/c1-3-38-31(36)19-23-9-11-25(12-10-23)26-13-15-27(16-14-26)28-17-18-30-34-29(21-35(30)20-28)32(37)33-22(2)24-7-5-4-6-8-24/h4-8,13,15-18,20-23,25-26H,3,9-12,14,19H2,1-2H3,(H,33,37). The summed E-state index contributed by atoms with van der Waals surface area (Å²) >= 11 is 0. The molecule has 5 rings (SSSR count). The maximum atomic E-state index is 12.8. The monoisotopic (exact) mass is 511 g/mol. The van der Waals surface area contributed by atoms with Gasteiger partial charge in [-0.15, -0.1) is 0 Å². The van der Waals surface area contributed by atoms with Crippen LogP contribution in [-0.4, -0.2) is 27.9 Å². The van der Waals surface area contributed by atoms with Crippen LogP contribution < -0.4 is 5.32 Å². The van der Waals surface area contributed by atoms with Gasteiger partial charge in [-0.3, -0.25) is 9.59 Å². The summed E-state index contributed by atoms with van der Waals surface area (Å²) in [5.74, 6) is 1.48. The third-order valence-corrected chi connectivity index (χ3v) is 8.05. The Morgan fingerprint density at radius 2 is 1.87 bits per heavy atom. The van der Waals surface area contributed by atoms with Crippen LogP contribution >= 0.6 is 0 Å². The van der Waals surface area contributed by atoms with E-state index in [1.54, 1.807) is 6.20 Å². The molecule has 2 atom stereocenters. The minimum absolute atomic E-state index is 0.0505. The Bertz CT molecular complexity index is 1330. The van der Waals surface area contributed by atoms with Crippen LogP contribution in [0.4, 0.5) is 0 Å². The molecule has 2 aromatic heterocycles. The average molecular weight is 512 g/mol. The maximum absolute atomic E-state index is 12.8. The lowest BCUT2D eigenvalue weighted by molar-refractivity contribution is -0.144. The largest absolute Gasteiger partial charge is 0.466 e. The highest BCUT2D eigenvalue weighted by molar-refractivity contribution is 5.93. The summed E-state index contributed by atoms with van der Waals surface area (Å²) in [4.78, 5) is 29.2. The topological polar surface area (TPSA) is 72.7 Å². The summed E-state index contributed by atoms with van der Waals surface area (Å²) in [5.41, 5.74) is 4.55. The van der Waals surface area contributed by atoms with E-state index in [2.05, 4.69) is 40.8 Å². The lowest BCUT2D eigenvalue weighted by Gasteiger charge is -2.33. The van der Waals surface area contributed by atoms with E-state index in [0.29, 0.717) is 36.5 Å². The number of amides is 1. The zero-order chi connectivity index (χ0) is 26.5. The van der Waals surface area contributed by atoms with E-state index in [-0.39, 0.29) is 17.9 Å². The maximum Gasteiger partial charge on any atom is 0.306 e. The molecule has 0 aliphatic heterocycles. The summed E-state index contributed by atoms with van der Waals surface area (Å²) in [6.45, 7) is 4.31. The van der Waals surface area contributed by atoms with Crippen LogP contribution in [0.5, 0.6) is 0 Å². The van der Waals surface area contributed by atoms with Crippen molar-refractivity contribution in [1.82, 2.24) is 14.7 Å². The van der Waals surface area contributed by atoms with Gasteiger partial charge in [0.15, 0.2) is 0 Å². The average Bonchev–Trinajstić information content (AvgIpc) is 3.38. The Morgan fingerprint density at radius 3 is 2.58 bits per heavy atom. The number of ether oxygens (including phenoxy) is 1. The van der Waals surface area contributed by atoms with E-state index in [1.807, 2.05) is 54.6 Å². The van der Waals surface area contributed by atoms with Crippen molar-refractivity contribution >= 4 is 23.1 Å². The minimum atomic E-state index is -0.178. The second-order valence-corrected chi connectivity index (χ2v) is 10.6. The van der Waals surface area contributed by atoms with Gasteiger partial charge in [-0.1, -0.05) is 48.6 Å². The Hall–Kier alpha value is -3.67. The number of nitrogens with zero attached hydrogens (tertiary/aromatic N) is 2. The number of imidazole rings is 1. The summed E-state index contributed by atoms with van der Waals surface area (Å²) in [7, 11) is 0. The molecular formula is C32H37N3O3. The van der Waals surface area contributed by atoms with Gasteiger partial charge in [0.25, 0.3) is 5.91 Å². The van der Waals surface area contributed by atoms with Crippen molar-refractivity contribution in [3.8, 4) is 0 Å². The van der Waals surface area contributed by atoms with Crippen LogP contribution in [0.15, 0.2) is 73.1 Å². The number of carbonyl (C=O) groups excluding carboxylic acids is 2. The van der Waals surface area contributed by atoms with Crippen molar-refractivity contribution in [1.29, 1.82) is 0 Å². The van der Waals surface area contributed by atoms with Crippen LogP contribution in [0.3, 0.4) is 0 Å².